The third-order valence-corrected chi connectivity index (χ3v) is 5.24. The fraction of sp³-hybridized carbons (Fsp3) is 0.667. The van der Waals surface area contributed by atoms with Crippen molar-refractivity contribution in [3.63, 3.8) is 0 Å². The summed E-state index contributed by atoms with van der Waals surface area (Å²) in [5.41, 5.74) is 1.22. The Morgan fingerprint density at radius 3 is 3.00 bits per heavy atom. The van der Waals surface area contributed by atoms with Crippen LogP contribution in [-0.2, 0) is 13.1 Å². The normalized spacial score (nSPS) is 20.2. The Morgan fingerprint density at radius 1 is 1.38 bits per heavy atom. The molecule has 0 aliphatic carbocycles. The Kier molecular flexibility index (Phi) is 4.65. The van der Waals surface area contributed by atoms with E-state index in [-0.39, 0.29) is 0 Å². The molecule has 3 rings (SSSR count). The lowest BCUT2D eigenvalue weighted by atomic mass is 10.0. The second kappa shape index (κ2) is 6.66. The quantitative estimate of drug-likeness (QED) is 0.852. The third kappa shape index (κ3) is 3.68. The Bertz CT molecular complexity index is 548. The zero-order valence-electron chi connectivity index (χ0n) is 12.8. The SMILES string of the molecule is CC(C)c1nc(CN2CCCCC2Cn2cncn2)cs1. The monoisotopic (exact) mass is 305 g/mol. The molecule has 3 heterocycles. The molecule has 0 bridgehead atoms. The van der Waals surface area contributed by atoms with Gasteiger partial charge in [0.1, 0.15) is 12.7 Å². The summed E-state index contributed by atoms with van der Waals surface area (Å²) in [6.45, 7) is 7.46. The highest BCUT2D eigenvalue weighted by atomic mass is 32.1. The van der Waals surface area contributed by atoms with E-state index in [1.807, 2.05) is 11.0 Å². The number of thiazole rings is 1. The van der Waals surface area contributed by atoms with Gasteiger partial charge in [0.05, 0.1) is 17.2 Å². The van der Waals surface area contributed by atoms with Crippen molar-refractivity contribution in [3.8, 4) is 0 Å². The van der Waals surface area contributed by atoms with Crippen LogP contribution in [0.4, 0.5) is 0 Å². The van der Waals surface area contributed by atoms with E-state index in [1.165, 1.54) is 30.0 Å². The molecule has 1 aliphatic heterocycles. The summed E-state index contributed by atoms with van der Waals surface area (Å²) in [5, 5.41) is 7.71. The fourth-order valence-electron chi connectivity index (χ4n) is 2.89. The second-order valence-electron chi connectivity index (χ2n) is 6.07. The molecule has 1 saturated heterocycles. The van der Waals surface area contributed by atoms with E-state index in [1.54, 1.807) is 17.7 Å². The molecule has 6 heteroatoms. The van der Waals surface area contributed by atoms with E-state index < -0.39 is 0 Å². The molecule has 1 unspecified atom stereocenters. The number of piperidine rings is 1. The highest BCUT2D eigenvalue weighted by Gasteiger charge is 2.24. The average molecular weight is 305 g/mol. The van der Waals surface area contributed by atoms with Gasteiger partial charge in [0.15, 0.2) is 0 Å². The molecule has 1 atom stereocenters. The van der Waals surface area contributed by atoms with Gasteiger partial charge in [-0.2, -0.15) is 5.10 Å². The van der Waals surface area contributed by atoms with Crippen LogP contribution >= 0.6 is 11.3 Å². The van der Waals surface area contributed by atoms with Gasteiger partial charge in [0.25, 0.3) is 0 Å². The van der Waals surface area contributed by atoms with Crippen LogP contribution in [0.15, 0.2) is 18.0 Å². The molecule has 0 amide bonds. The van der Waals surface area contributed by atoms with Crippen molar-refractivity contribution < 1.29 is 0 Å². The topological polar surface area (TPSA) is 46.8 Å². The molecule has 2 aromatic heterocycles. The number of likely N-dealkylation sites (tertiary alicyclic amines) is 1. The Hall–Kier alpha value is -1.27. The third-order valence-electron chi connectivity index (χ3n) is 4.04. The summed E-state index contributed by atoms with van der Waals surface area (Å²) in [4.78, 5) is 11.4. The van der Waals surface area contributed by atoms with E-state index >= 15 is 0 Å². The van der Waals surface area contributed by atoms with Crippen LogP contribution in [0.3, 0.4) is 0 Å². The zero-order chi connectivity index (χ0) is 14.7. The maximum atomic E-state index is 4.78. The first-order valence-corrected chi connectivity index (χ1v) is 8.61. The average Bonchev–Trinajstić information content (AvgIpc) is 3.12. The van der Waals surface area contributed by atoms with Crippen LogP contribution in [0.2, 0.25) is 0 Å². The standard InChI is InChI=1S/C15H23N5S/c1-12(2)15-18-13(9-21-15)7-19-6-4-3-5-14(19)8-20-11-16-10-17-20/h9-12,14H,3-8H2,1-2H3. The van der Waals surface area contributed by atoms with Crippen molar-refractivity contribution >= 4 is 11.3 Å². The van der Waals surface area contributed by atoms with E-state index in [0.29, 0.717) is 12.0 Å². The lowest BCUT2D eigenvalue weighted by molar-refractivity contribution is 0.120. The first-order chi connectivity index (χ1) is 10.2. The van der Waals surface area contributed by atoms with Crippen LogP contribution in [0.5, 0.6) is 0 Å². The van der Waals surface area contributed by atoms with Gasteiger partial charge >= 0.3 is 0 Å². The lowest BCUT2D eigenvalue weighted by Gasteiger charge is -2.35. The zero-order valence-corrected chi connectivity index (χ0v) is 13.6. The van der Waals surface area contributed by atoms with Gasteiger partial charge in [-0.05, 0) is 19.4 Å². The molecule has 21 heavy (non-hydrogen) atoms. The van der Waals surface area contributed by atoms with Crippen LogP contribution in [0, 0.1) is 0 Å². The van der Waals surface area contributed by atoms with E-state index in [4.69, 9.17) is 4.98 Å². The van der Waals surface area contributed by atoms with Crippen LogP contribution in [-0.4, -0.2) is 37.2 Å². The smallest absolute Gasteiger partial charge is 0.137 e. The number of nitrogens with zero attached hydrogens (tertiary/aromatic N) is 5. The van der Waals surface area contributed by atoms with Crippen molar-refractivity contribution in [2.75, 3.05) is 6.54 Å². The molecule has 1 fully saturated rings. The lowest BCUT2D eigenvalue weighted by Crippen LogP contribution is -2.41. The number of hydrogen-bond acceptors (Lipinski definition) is 5. The molecule has 2 aromatic rings. The van der Waals surface area contributed by atoms with E-state index in [9.17, 15) is 0 Å². The molecule has 1 aliphatic rings. The molecule has 0 aromatic carbocycles. The molecular weight excluding hydrogens is 282 g/mol. The van der Waals surface area contributed by atoms with Gasteiger partial charge in [-0.3, -0.25) is 9.58 Å². The van der Waals surface area contributed by atoms with E-state index in [2.05, 4.69) is 34.2 Å². The molecule has 0 radical (unpaired) electrons. The van der Waals surface area contributed by atoms with Crippen molar-refractivity contribution in [1.29, 1.82) is 0 Å². The van der Waals surface area contributed by atoms with Gasteiger partial charge in [-0.25, -0.2) is 9.97 Å². The van der Waals surface area contributed by atoms with Crippen molar-refractivity contribution in [1.82, 2.24) is 24.6 Å². The Morgan fingerprint density at radius 2 is 2.29 bits per heavy atom. The minimum absolute atomic E-state index is 0.524. The summed E-state index contributed by atoms with van der Waals surface area (Å²) in [7, 11) is 0. The fourth-order valence-corrected chi connectivity index (χ4v) is 3.71. The van der Waals surface area contributed by atoms with Crippen molar-refractivity contribution in [3.05, 3.63) is 28.7 Å². The largest absolute Gasteiger partial charge is 0.293 e. The van der Waals surface area contributed by atoms with Gasteiger partial charge in [-0.15, -0.1) is 11.3 Å². The van der Waals surface area contributed by atoms with Crippen molar-refractivity contribution in [2.45, 2.75) is 58.2 Å². The predicted molar refractivity (Wildman–Crippen MR) is 84.3 cm³/mol. The Labute approximate surface area is 130 Å². The summed E-state index contributed by atoms with van der Waals surface area (Å²) in [6.07, 6.45) is 7.26. The molecule has 0 spiro atoms. The minimum atomic E-state index is 0.524. The number of hydrogen-bond donors (Lipinski definition) is 0. The number of aromatic nitrogens is 4. The maximum absolute atomic E-state index is 4.78. The first-order valence-electron chi connectivity index (χ1n) is 7.73. The molecule has 0 N–H and O–H groups in total. The molecular formula is C15H23N5S. The number of rotatable bonds is 5. The van der Waals surface area contributed by atoms with Gasteiger partial charge < -0.3 is 0 Å². The molecule has 0 saturated carbocycles. The highest BCUT2D eigenvalue weighted by molar-refractivity contribution is 7.09. The van der Waals surface area contributed by atoms with Crippen LogP contribution < -0.4 is 0 Å². The van der Waals surface area contributed by atoms with Gasteiger partial charge in [-0.1, -0.05) is 20.3 Å². The summed E-state index contributed by atoms with van der Waals surface area (Å²) in [5.74, 6) is 0.524. The summed E-state index contributed by atoms with van der Waals surface area (Å²) in [6, 6.07) is 0.546. The first kappa shape index (κ1) is 14.7. The second-order valence-corrected chi connectivity index (χ2v) is 6.96. The predicted octanol–water partition coefficient (Wildman–Crippen LogP) is 2.91. The maximum Gasteiger partial charge on any atom is 0.137 e. The van der Waals surface area contributed by atoms with Crippen molar-refractivity contribution in [2.24, 2.45) is 0 Å². The van der Waals surface area contributed by atoms with Crippen LogP contribution in [0.25, 0.3) is 0 Å². The highest BCUT2D eigenvalue weighted by Crippen LogP contribution is 2.24. The minimum Gasteiger partial charge on any atom is -0.293 e. The molecule has 114 valence electrons. The Balaban J connectivity index is 1.65. The van der Waals surface area contributed by atoms with Crippen LogP contribution in [0.1, 0.15) is 49.7 Å². The summed E-state index contributed by atoms with van der Waals surface area (Å²) >= 11 is 1.79. The van der Waals surface area contributed by atoms with Gasteiger partial charge in [0, 0.05) is 23.9 Å². The van der Waals surface area contributed by atoms with E-state index in [0.717, 1.165) is 19.6 Å². The van der Waals surface area contributed by atoms with Gasteiger partial charge in [0.2, 0.25) is 0 Å². The molecule has 5 nitrogen and oxygen atoms in total. The summed E-state index contributed by atoms with van der Waals surface area (Å²) < 4.78 is 1.95.